The van der Waals surface area contributed by atoms with Gasteiger partial charge in [0, 0.05) is 26.1 Å². The molecule has 2 heterocycles. The minimum atomic E-state index is -0.0621. The molecule has 1 N–H and O–H groups in total. The second kappa shape index (κ2) is 6.99. The highest BCUT2D eigenvalue weighted by atomic mass is 16.5. The van der Waals surface area contributed by atoms with Crippen LogP contribution in [-0.4, -0.2) is 41.4 Å². The van der Waals surface area contributed by atoms with Crippen LogP contribution >= 0.6 is 0 Å². The topological polar surface area (TPSA) is 58.5 Å². The molecule has 1 fully saturated rings. The summed E-state index contributed by atoms with van der Waals surface area (Å²) in [7, 11) is 2.00. The van der Waals surface area contributed by atoms with E-state index < -0.39 is 0 Å². The lowest BCUT2D eigenvalue weighted by atomic mass is 10.1. The highest BCUT2D eigenvalue weighted by Gasteiger charge is 2.18. The highest BCUT2D eigenvalue weighted by molar-refractivity contribution is 5.48. The smallest absolute Gasteiger partial charge is 0.131 e. The van der Waals surface area contributed by atoms with Gasteiger partial charge in [-0.15, -0.1) is 0 Å². The Morgan fingerprint density at radius 3 is 2.85 bits per heavy atom. The third kappa shape index (κ3) is 3.67. The molecular formula is C15H25N3O2. The van der Waals surface area contributed by atoms with Crippen LogP contribution in [0.1, 0.15) is 50.5 Å². The van der Waals surface area contributed by atoms with E-state index in [4.69, 9.17) is 4.74 Å². The molecule has 0 amide bonds. The van der Waals surface area contributed by atoms with Crippen LogP contribution in [0.2, 0.25) is 0 Å². The number of hydrogen-bond acceptors (Lipinski definition) is 5. The van der Waals surface area contributed by atoms with Crippen molar-refractivity contribution in [2.24, 2.45) is 0 Å². The van der Waals surface area contributed by atoms with Crippen molar-refractivity contribution in [1.82, 2.24) is 9.97 Å². The third-order valence-corrected chi connectivity index (χ3v) is 3.69. The molecule has 5 nitrogen and oxygen atoms in total. The summed E-state index contributed by atoms with van der Waals surface area (Å²) in [5.41, 5.74) is 1.59. The largest absolute Gasteiger partial charge is 0.390 e. The first-order valence-electron chi connectivity index (χ1n) is 7.41. The van der Waals surface area contributed by atoms with Gasteiger partial charge >= 0.3 is 0 Å². The number of anilines is 1. The Kier molecular flexibility index (Phi) is 5.31. The lowest BCUT2D eigenvalue weighted by Gasteiger charge is -2.29. The Balaban J connectivity index is 2.09. The van der Waals surface area contributed by atoms with E-state index in [0.717, 1.165) is 37.5 Å². The minimum Gasteiger partial charge on any atom is -0.390 e. The summed E-state index contributed by atoms with van der Waals surface area (Å²) in [5.74, 6) is 1.04. The van der Waals surface area contributed by atoms with E-state index in [2.05, 4.69) is 28.7 Å². The Hall–Kier alpha value is -1.20. The molecule has 2 rings (SSSR count). The van der Waals surface area contributed by atoms with E-state index in [1.807, 2.05) is 13.2 Å². The van der Waals surface area contributed by atoms with Crippen molar-refractivity contribution >= 4 is 5.69 Å². The first-order chi connectivity index (χ1) is 9.61. The summed E-state index contributed by atoms with van der Waals surface area (Å²) < 4.78 is 5.76. The van der Waals surface area contributed by atoms with E-state index in [9.17, 15) is 5.11 Å². The predicted molar refractivity (Wildman–Crippen MR) is 78.9 cm³/mol. The summed E-state index contributed by atoms with van der Waals surface area (Å²) in [6.45, 7) is 5.71. The van der Waals surface area contributed by atoms with Crippen LogP contribution in [0.25, 0.3) is 0 Å². The quantitative estimate of drug-likeness (QED) is 0.894. The average molecular weight is 279 g/mol. The molecule has 1 aromatic rings. The molecule has 5 heteroatoms. The van der Waals surface area contributed by atoms with Gasteiger partial charge in [-0.25, -0.2) is 9.97 Å². The van der Waals surface area contributed by atoms with E-state index in [0.29, 0.717) is 5.69 Å². The standard InChI is InChI=1S/C15H25N3O2/c1-11(2)15-16-8-14(13(10-19)17-15)18(3)9-12-6-4-5-7-20-12/h8,11-12,19H,4-7,9-10H2,1-3H3. The van der Waals surface area contributed by atoms with Gasteiger partial charge in [-0.2, -0.15) is 0 Å². The normalized spacial score (nSPS) is 19.4. The number of nitrogens with zero attached hydrogens (tertiary/aromatic N) is 3. The maximum absolute atomic E-state index is 9.53. The van der Waals surface area contributed by atoms with Gasteiger partial charge in [0.05, 0.1) is 30.3 Å². The molecule has 0 saturated carbocycles. The van der Waals surface area contributed by atoms with Crippen molar-refractivity contribution in [2.75, 3.05) is 25.1 Å². The van der Waals surface area contributed by atoms with E-state index >= 15 is 0 Å². The molecular weight excluding hydrogens is 254 g/mol. The van der Waals surface area contributed by atoms with Crippen LogP contribution in [0.5, 0.6) is 0 Å². The number of aromatic nitrogens is 2. The second-order valence-corrected chi connectivity index (χ2v) is 5.74. The first kappa shape index (κ1) is 15.2. The van der Waals surface area contributed by atoms with Gasteiger partial charge in [-0.05, 0) is 19.3 Å². The van der Waals surface area contributed by atoms with Crippen LogP contribution < -0.4 is 4.90 Å². The van der Waals surface area contributed by atoms with Crippen LogP contribution in [0.15, 0.2) is 6.20 Å². The van der Waals surface area contributed by atoms with Crippen LogP contribution in [0.4, 0.5) is 5.69 Å². The number of hydrogen-bond donors (Lipinski definition) is 1. The summed E-state index contributed by atoms with van der Waals surface area (Å²) in [6.07, 6.45) is 5.58. The molecule has 1 saturated heterocycles. The molecule has 1 atom stereocenters. The van der Waals surface area contributed by atoms with Gasteiger partial charge in [0.2, 0.25) is 0 Å². The molecule has 1 aliphatic rings. The van der Waals surface area contributed by atoms with Gasteiger partial charge in [0.15, 0.2) is 0 Å². The lowest BCUT2D eigenvalue weighted by molar-refractivity contribution is 0.0215. The summed E-state index contributed by atoms with van der Waals surface area (Å²) in [6, 6.07) is 0. The molecule has 1 aromatic heterocycles. The molecule has 1 unspecified atom stereocenters. The number of rotatable bonds is 5. The Morgan fingerprint density at radius 2 is 2.25 bits per heavy atom. The van der Waals surface area contributed by atoms with Crippen molar-refractivity contribution in [3.05, 3.63) is 17.7 Å². The number of aliphatic hydroxyl groups is 1. The zero-order chi connectivity index (χ0) is 14.5. The average Bonchev–Trinajstić information content (AvgIpc) is 2.47. The fourth-order valence-electron chi connectivity index (χ4n) is 2.49. The van der Waals surface area contributed by atoms with E-state index in [1.165, 1.54) is 6.42 Å². The van der Waals surface area contributed by atoms with Crippen molar-refractivity contribution in [2.45, 2.75) is 51.7 Å². The lowest BCUT2D eigenvalue weighted by Crippen LogP contribution is -2.34. The Bertz CT molecular complexity index is 431. The maximum Gasteiger partial charge on any atom is 0.131 e. The second-order valence-electron chi connectivity index (χ2n) is 5.74. The van der Waals surface area contributed by atoms with E-state index in [-0.39, 0.29) is 18.6 Å². The highest BCUT2D eigenvalue weighted by Crippen LogP contribution is 2.22. The molecule has 0 spiro atoms. The van der Waals surface area contributed by atoms with E-state index in [1.54, 1.807) is 0 Å². The number of ether oxygens (including phenoxy) is 1. The summed E-state index contributed by atoms with van der Waals surface area (Å²) in [4.78, 5) is 10.9. The molecule has 1 aliphatic heterocycles. The van der Waals surface area contributed by atoms with Crippen molar-refractivity contribution in [3.8, 4) is 0 Å². The van der Waals surface area contributed by atoms with Gasteiger partial charge in [0.25, 0.3) is 0 Å². The van der Waals surface area contributed by atoms with Crippen LogP contribution in [0.3, 0.4) is 0 Å². The molecule has 20 heavy (non-hydrogen) atoms. The molecule has 112 valence electrons. The monoisotopic (exact) mass is 279 g/mol. The predicted octanol–water partition coefficient (Wildman–Crippen LogP) is 2.10. The maximum atomic E-state index is 9.53. The van der Waals surface area contributed by atoms with Gasteiger partial charge in [0.1, 0.15) is 5.82 Å². The van der Waals surface area contributed by atoms with Crippen molar-refractivity contribution in [3.63, 3.8) is 0 Å². The molecule has 0 bridgehead atoms. The van der Waals surface area contributed by atoms with Gasteiger partial charge < -0.3 is 14.7 Å². The fourth-order valence-corrected chi connectivity index (χ4v) is 2.49. The van der Waals surface area contributed by atoms with Gasteiger partial charge in [-0.3, -0.25) is 0 Å². The molecule has 0 aliphatic carbocycles. The van der Waals surface area contributed by atoms with Crippen molar-refractivity contribution in [1.29, 1.82) is 0 Å². The molecule has 0 aromatic carbocycles. The number of likely N-dealkylation sites (N-methyl/N-ethyl adjacent to an activating group) is 1. The zero-order valence-electron chi connectivity index (χ0n) is 12.7. The Morgan fingerprint density at radius 1 is 1.45 bits per heavy atom. The van der Waals surface area contributed by atoms with Crippen molar-refractivity contribution < 1.29 is 9.84 Å². The number of aliphatic hydroxyl groups excluding tert-OH is 1. The summed E-state index contributed by atoms with van der Waals surface area (Å²) >= 11 is 0. The Labute approximate surface area is 121 Å². The van der Waals surface area contributed by atoms with Crippen LogP contribution in [-0.2, 0) is 11.3 Å². The minimum absolute atomic E-state index is 0.0621. The van der Waals surface area contributed by atoms with Gasteiger partial charge in [-0.1, -0.05) is 13.8 Å². The third-order valence-electron chi connectivity index (χ3n) is 3.69. The first-order valence-corrected chi connectivity index (χ1v) is 7.41. The molecule has 0 radical (unpaired) electrons. The SMILES string of the molecule is CC(C)c1ncc(N(C)CC2CCCCO2)c(CO)n1. The zero-order valence-corrected chi connectivity index (χ0v) is 12.7. The fraction of sp³-hybridized carbons (Fsp3) is 0.733. The summed E-state index contributed by atoms with van der Waals surface area (Å²) in [5, 5.41) is 9.53. The van der Waals surface area contributed by atoms with Crippen LogP contribution in [0, 0.1) is 0 Å².